The topological polar surface area (TPSA) is 15.3 Å². The summed E-state index contributed by atoms with van der Waals surface area (Å²) in [5.74, 6) is 3.69. The lowest BCUT2D eigenvalue weighted by Gasteiger charge is -2.27. The highest BCUT2D eigenvalue weighted by atomic mass is 15.2. The molecule has 0 bridgehead atoms. The van der Waals surface area contributed by atoms with E-state index in [1.54, 1.807) is 0 Å². The Hall–Kier alpha value is -0.520. The molecule has 15 heavy (non-hydrogen) atoms. The van der Waals surface area contributed by atoms with Gasteiger partial charge in [-0.05, 0) is 38.6 Å². The molecule has 0 aromatic carbocycles. The molecule has 2 heteroatoms. The summed E-state index contributed by atoms with van der Waals surface area (Å²) in [6, 6.07) is 0.563. The van der Waals surface area contributed by atoms with E-state index in [2.05, 4.69) is 30.0 Å². The molecule has 0 saturated heterocycles. The van der Waals surface area contributed by atoms with Gasteiger partial charge in [0.05, 0.1) is 6.54 Å². The van der Waals surface area contributed by atoms with E-state index in [1.807, 2.05) is 0 Å². The molecule has 0 spiro atoms. The lowest BCUT2D eigenvalue weighted by Crippen LogP contribution is -2.41. The summed E-state index contributed by atoms with van der Waals surface area (Å²) in [5, 5.41) is 3.46. The van der Waals surface area contributed by atoms with Crippen molar-refractivity contribution in [1.82, 2.24) is 10.2 Å². The van der Waals surface area contributed by atoms with Crippen LogP contribution in [0.2, 0.25) is 0 Å². The third kappa shape index (κ3) is 5.20. The van der Waals surface area contributed by atoms with Crippen LogP contribution in [0.3, 0.4) is 0 Å². The van der Waals surface area contributed by atoms with Gasteiger partial charge < -0.3 is 5.32 Å². The fraction of sp³-hybridized carbons (Fsp3) is 0.846. The van der Waals surface area contributed by atoms with Gasteiger partial charge in [-0.15, -0.1) is 6.42 Å². The largest absolute Gasteiger partial charge is 0.315 e. The zero-order chi connectivity index (χ0) is 11.1. The first-order chi connectivity index (χ1) is 7.27. The third-order valence-corrected chi connectivity index (χ3v) is 2.97. The molecule has 0 aromatic rings. The summed E-state index contributed by atoms with van der Waals surface area (Å²) in [4.78, 5) is 2.43. The van der Waals surface area contributed by atoms with Crippen LogP contribution in [-0.4, -0.2) is 37.1 Å². The summed E-state index contributed by atoms with van der Waals surface area (Å²) in [7, 11) is 0. The van der Waals surface area contributed by atoms with Crippen molar-refractivity contribution < 1.29 is 0 Å². The van der Waals surface area contributed by atoms with Crippen molar-refractivity contribution in [2.45, 2.75) is 39.2 Å². The van der Waals surface area contributed by atoms with Gasteiger partial charge in [0.2, 0.25) is 0 Å². The average molecular weight is 208 g/mol. The van der Waals surface area contributed by atoms with E-state index in [1.165, 1.54) is 25.8 Å². The van der Waals surface area contributed by atoms with E-state index in [9.17, 15) is 0 Å². The van der Waals surface area contributed by atoms with Crippen LogP contribution in [0.5, 0.6) is 0 Å². The van der Waals surface area contributed by atoms with Crippen molar-refractivity contribution in [2.24, 2.45) is 5.92 Å². The predicted molar refractivity (Wildman–Crippen MR) is 65.8 cm³/mol. The summed E-state index contributed by atoms with van der Waals surface area (Å²) < 4.78 is 0. The van der Waals surface area contributed by atoms with E-state index in [0.717, 1.165) is 25.6 Å². The van der Waals surface area contributed by atoms with Crippen LogP contribution < -0.4 is 5.32 Å². The Morgan fingerprint density at radius 3 is 2.80 bits per heavy atom. The minimum Gasteiger partial charge on any atom is -0.315 e. The number of hydrogen-bond donors (Lipinski definition) is 1. The Kier molecular flexibility index (Phi) is 5.75. The number of terminal acetylenes is 1. The first-order valence-corrected chi connectivity index (χ1v) is 6.16. The minimum absolute atomic E-state index is 0.563. The standard InChI is InChI=1S/C13H24N2/c1-4-8-14-10-12(3)15(9-5-2)11-13-6-7-13/h2,12-14H,4,6-11H2,1,3H3. The highest BCUT2D eigenvalue weighted by Gasteiger charge is 2.25. The van der Waals surface area contributed by atoms with Gasteiger partial charge in [0, 0.05) is 19.1 Å². The van der Waals surface area contributed by atoms with Gasteiger partial charge in [-0.25, -0.2) is 0 Å². The molecule has 86 valence electrons. The Morgan fingerprint density at radius 2 is 2.27 bits per heavy atom. The fourth-order valence-electron chi connectivity index (χ4n) is 1.77. The molecule has 0 aromatic heterocycles. The quantitative estimate of drug-likeness (QED) is 0.483. The molecule has 1 rings (SSSR count). The highest BCUT2D eigenvalue weighted by Crippen LogP contribution is 2.30. The van der Waals surface area contributed by atoms with Gasteiger partial charge >= 0.3 is 0 Å². The predicted octanol–water partition coefficient (Wildman–Crippen LogP) is 1.72. The van der Waals surface area contributed by atoms with Crippen LogP contribution in [-0.2, 0) is 0 Å². The lowest BCUT2D eigenvalue weighted by molar-refractivity contribution is 0.220. The van der Waals surface area contributed by atoms with Crippen molar-refractivity contribution in [2.75, 3.05) is 26.2 Å². The average Bonchev–Trinajstić information content (AvgIpc) is 3.01. The van der Waals surface area contributed by atoms with Crippen molar-refractivity contribution in [3.05, 3.63) is 0 Å². The first kappa shape index (κ1) is 12.5. The van der Waals surface area contributed by atoms with Gasteiger partial charge in [-0.1, -0.05) is 12.8 Å². The zero-order valence-corrected chi connectivity index (χ0v) is 10.1. The van der Waals surface area contributed by atoms with Gasteiger partial charge in [-0.3, -0.25) is 4.90 Å². The maximum absolute atomic E-state index is 5.41. The maximum Gasteiger partial charge on any atom is 0.0601 e. The van der Waals surface area contributed by atoms with E-state index in [-0.39, 0.29) is 0 Å². The monoisotopic (exact) mass is 208 g/mol. The maximum atomic E-state index is 5.41. The molecule has 2 nitrogen and oxygen atoms in total. The summed E-state index contributed by atoms with van der Waals surface area (Å²) in [6.45, 7) is 8.62. The van der Waals surface area contributed by atoms with Gasteiger partial charge in [-0.2, -0.15) is 0 Å². The molecule has 0 heterocycles. The molecule has 1 aliphatic rings. The Morgan fingerprint density at radius 1 is 1.53 bits per heavy atom. The van der Waals surface area contributed by atoms with Crippen LogP contribution in [0.15, 0.2) is 0 Å². The molecule has 1 fully saturated rings. The summed E-state index contributed by atoms with van der Waals surface area (Å²) in [6.07, 6.45) is 9.40. The molecule has 1 atom stereocenters. The molecule has 0 radical (unpaired) electrons. The van der Waals surface area contributed by atoms with Crippen molar-refractivity contribution >= 4 is 0 Å². The smallest absolute Gasteiger partial charge is 0.0601 e. The molecular formula is C13H24N2. The van der Waals surface area contributed by atoms with Gasteiger partial charge in [0.15, 0.2) is 0 Å². The summed E-state index contributed by atoms with van der Waals surface area (Å²) in [5.41, 5.74) is 0. The molecule has 1 N–H and O–H groups in total. The minimum atomic E-state index is 0.563. The van der Waals surface area contributed by atoms with Crippen LogP contribution >= 0.6 is 0 Å². The molecule has 0 aliphatic heterocycles. The molecule has 1 unspecified atom stereocenters. The van der Waals surface area contributed by atoms with E-state index >= 15 is 0 Å². The van der Waals surface area contributed by atoms with E-state index in [0.29, 0.717) is 6.04 Å². The van der Waals surface area contributed by atoms with E-state index in [4.69, 9.17) is 6.42 Å². The Bertz CT molecular complexity index is 203. The first-order valence-electron chi connectivity index (χ1n) is 6.16. The summed E-state index contributed by atoms with van der Waals surface area (Å²) >= 11 is 0. The second-order valence-corrected chi connectivity index (χ2v) is 4.63. The van der Waals surface area contributed by atoms with Crippen LogP contribution in [0.4, 0.5) is 0 Å². The molecule has 0 amide bonds. The number of nitrogens with zero attached hydrogens (tertiary/aromatic N) is 1. The second kappa shape index (κ2) is 6.87. The number of nitrogens with one attached hydrogen (secondary N) is 1. The fourth-order valence-corrected chi connectivity index (χ4v) is 1.77. The Labute approximate surface area is 94.4 Å². The molecule has 1 aliphatic carbocycles. The number of hydrogen-bond acceptors (Lipinski definition) is 2. The lowest BCUT2D eigenvalue weighted by atomic mass is 10.2. The van der Waals surface area contributed by atoms with Crippen molar-refractivity contribution in [3.63, 3.8) is 0 Å². The molecule has 1 saturated carbocycles. The van der Waals surface area contributed by atoms with Crippen LogP contribution in [0, 0.1) is 18.3 Å². The van der Waals surface area contributed by atoms with Crippen LogP contribution in [0.25, 0.3) is 0 Å². The van der Waals surface area contributed by atoms with Crippen LogP contribution in [0.1, 0.15) is 33.1 Å². The van der Waals surface area contributed by atoms with E-state index < -0.39 is 0 Å². The number of rotatable bonds is 8. The van der Waals surface area contributed by atoms with Gasteiger partial charge in [0.25, 0.3) is 0 Å². The third-order valence-electron chi connectivity index (χ3n) is 2.97. The van der Waals surface area contributed by atoms with Crippen molar-refractivity contribution in [3.8, 4) is 12.3 Å². The van der Waals surface area contributed by atoms with Gasteiger partial charge in [0.1, 0.15) is 0 Å². The molecular weight excluding hydrogens is 184 g/mol. The zero-order valence-electron chi connectivity index (χ0n) is 10.1. The highest BCUT2D eigenvalue weighted by molar-refractivity contribution is 4.92. The van der Waals surface area contributed by atoms with Crippen molar-refractivity contribution in [1.29, 1.82) is 0 Å². The second-order valence-electron chi connectivity index (χ2n) is 4.63. The normalized spacial score (nSPS) is 17.7. The SMILES string of the molecule is C#CCN(CC1CC1)C(C)CNCCC. The Balaban J connectivity index is 2.22.